The van der Waals surface area contributed by atoms with E-state index in [1.54, 1.807) is 10.9 Å². The second-order valence-electron chi connectivity index (χ2n) is 5.97. The van der Waals surface area contributed by atoms with Gasteiger partial charge in [-0.25, -0.2) is 14.6 Å². The number of rotatable bonds is 2. The molecule has 3 aromatic rings. The van der Waals surface area contributed by atoms with Crippen molar-refractivity contribution >= 4 is 34.3 Å². The SMILES string of the molecule is Clc1cnc2c(N3CCCc4ncccc43)nn(C3CCO3)c2n1. The van der Waals surface area contributed by atoms with Gasteiger partial charge in [-0.15, -0.1) is 5.10 Å². The summed E-state index contributed by atoms with van der Waals surface area (Å²) in [7, 11) is 0. The maximum atomic E-state index is 6.05. The zero-order chi connectivity index (χ0) is 16.1. The Labute approximate surface area is 143 Å². The second kappa shape index (κ2) is 5.39. The molecule has 122 valence electrons. The van der Waals surface area contributed by atoms with Gasteiger partial charge in [0.2, 0.25) is 0 Å². The third-order valence-corrected chi connectivity index (χ3v) is 4.69. The summed E-state index contributed by atoms with van der Waals surface area (Å²) < 4.78 is 7.40. The van der Waals surface area contributed by atoms with Crippen LogP contribution in [0.2, 0.25) is 5.15 Å². The summed E-state index contributed by atoms with van der Waals surface area (Å²) >= 11 is 6.05. The maximum Gasteiger partial charge on any atom is 0.183 e. The van der Waals surface area contributed by atoms with Crippen molar-refractivity contribution in [1.82, 2.24) is 24.7 Å². The highest BCUT2D eigenvalue weighted by atomic mass is 35.5. The summed E-state index contributed by atoms with van der Waals surface area (Å²) in [5, 5.41) is 5.14. The number of nitrogens with zero attached hydrogens (tertiary/aromatic N) is 6. The molecule has 2 aliphatic rings. The van der Waals surface area contributed by atoms with Crippen molar-refractivity contribution in [2.75, 3.05) is 18.1 Å². The Morgan fingerprint density at radius 1 is 1.29 bits per heavy atom. The number of ether oxygens (including phenoxy) is 1. The van der Waals surface area contributed by atoms with E-state index in [1.165, 1.54) is 0 Å². The van der Waals surface area contributed by atoms with Crippen molar-refractivity contribution in [3.63, 3.8) is 0 Å². The van der Waals surface area contributed by atoms with Crippen molar-refractivity contribution in [2.24, 2.45) is 0 Å². The Morgan fingerprint density at radius 3 is 3.04 bits per heavy atom. The van der Waals surface area contributed by atoms with E-state index in [1.807, 2.05) is 12.3 Å². The minimum absolute atomic E-state index is 0.0906. The lowest BCUT2D eigenvalue weighted by Crippen LogP contribution is -2.28. The molecular weight excluding hydrogens is 328 g/mol. The van der Waals surface area contributed by atoms with Crippen LogP contribution < -0.4 is 4.90 Å². The van der Waals surface area contributed by atoms with Gasteiger partial charge in [-0.2, -0.15) is 0 Å². The van der Waals surface area contributed by atoms with Crippen molar-refractivity contribution in [3.8, 4) is 0 Å². The molecule has 0 aliphatic carbocycles. The fourth-order valence-corrected chi connectivity index (χ4v) is 3.41. The number of fused-ring (bicyclic) bond motifs is 2. The summed E-state index contributed by atoms with van der Waals surface area (Å²) in [5.74, 6) is 0.790. The van der Waals surface area contributed by atoms with E-state index in [0.717, 1.165) is 55.1 Å². The van der Waals surface area contributed by atoms with Crippen molar-refractivity contribution < 1.29 is 4.74 Å². The predicted molar refractivity (Wildman–Crippen MR) is 89.5 cm³/mol. The number of anilines is 2. The largest absolute Gasteiger partial charge is 0.356 e. The molecule has 5 heterocycles. The lowest BCUT2D eigenvalue weighted by Gasteiger charge is -2.29. The van der Waals surface area contributed by atoms with E-state index >= 15 is 0 Å². The average Bonchev–Trinajstić information content (AvgIpc) is 2.91. The van der Waals surface area contributed by atoms with Crippen LogP contribution in [0.15, 0.2) is 24.5 Å². The molecule has 1 unspecified atom stereocenters. The quantitative estimate of drug-likeness (QED) is 0.713. The Balaban J connectivity index is 1.70. The first-order valence-electron chi connectivity index (χ1n) is 8.05. The van der Waals surface area contributed by atoms with E-state index < -0.39 is 0 Å². The molecule has 5 rings (SSSR count). The van der Waals surface area contributed by atoms with Crippen molar-refractivity contribution in [3.05, 3.63) is 35.4 Å². The summed E-state index contributed by atoms with van der Waals surface area (Å²) in [5.41, 5.74) is 3.58. The Morgan fingerprint density at radius 2 is 2.21 bits per heavy atom. The summed E-state index contributed by atoms with van der Waals surface area (Å²) in [6.07, 6.45) is 6.24. The standard InChI is InChI=1S/C16H15ClN6O/c17-12-9-19-14-15(20-12)23(13-5-8-24-13)21-16(14)22-7-2-3-10-11(22)4-1-6-18-10/h1,4,6,9,13H,2-3,5,7-8H2. The fraction of sp³-hybridized carbons (Fsp3) is 0.375. The molecule has 0 radical (unpaired) electrons. The number of pyridine rings is 1. The van der Waals surface area contributed by atoms with E-state index in [2.05, 4.69) is 25.9 Å². The van der Waals surface area contributed by atoms with Crippen LogP contribution in [0.25, 0.3) is 11.2 Å². The van der Waals surface area contributed by atoms with Crippen molar-refractivity contribution in [1.29, 1.82) is 0 Å². The highest BCUT2D eigenvalue weighted by molar-refractivity contribution is 6.29. The number of halogens is 1. The van der Waals surface area contributed by atoms with Gasteiger partial charge in [0.1, 0.15) is 5.15 Å². The summed E-state index contributed by atoms with van der Waals surface area (Å²) in [6, 6.07) is 4.03. The van der Waals surface area contributed by atoms with Crippen LogP contribution >= 0.6 is 11.6 Å². The van der Waals surface area contributed by atoms with Gasteiger partial charge < -0.3 is 9.64 Å². The molecule has 1 saturated heterocycles. The van der Waals surface area contributed by atoms with Gasteiger partial charge >= 0.3 is 0 Å². The van der Waals surface area contributed by atoms with Gasteiger partial charge in [-0.3, -0.25) is 4.98 Å². The van der Waals surface area contributed by atoms with Crippen LogP contribution in [0.3, 0.4) is 0 Å². The lowest BCUT2D eigenvalue weighted by atomic mass is 10.1. The topological polar surface area (TPSA) is 69.0 Å². The minimum atomic E-state index is -0.0906. The van der Waals surface area contributed by atoms with Gasteiger partial charge in [0.15, 0.2) is 23.2 Å². The lowest BCUT2D eigenvalue weighted by molar-refractivity contribution is -0.104. The Hall–Kier alpha value is -2.25. The smallest absolute Gasteiger partial charge is 0.183 e. The van der Waals surface area contributed by atoms with Crippen LogP contribution in [0, 0.1) is 0 Å². The molecule has 0 saturated carbocycles. The van der Waals surface area contributed by atoms with Crippen LogP contribution in [-0.2, 0) is 11.2 Å². The van der Waals surface area contributed by atoms with Crippen LogP contribution in [0.5, 0.6) is 0 Å². The summed E-state index contributed by atoms with van der Waals surface area (Å²) in [6.45, 7) is 1.62. The van der Waals surface area contributed by atoms with Gasteiger partial charge in [-0.1, -0.05) is 11.6 Å². The van der Waals surface area contributed by atoms with E-state index in [0.29, 0.717) is 10.8 Å². The van der Waals surface area contributed by atoms with Gasteiger partial charge in [0.05, 0.1) is 24.2 Å². The Kier molecular flexibility index (Phi) is 3.17. The van der Waals surface area contributed by atoms with Crippen LogP contribution in [0.1, 0.15) is 24.8 Å². The Bertz CT molecular complexity index is 922. The van der Waals surface area contributed by atoms with Gasteiger partial charge in [0.25, 0.3) is 0 Å². The highest BCUT2D eigenvalue weighted by Gasteiger charge is 2.30. The first kappa shape index (κ1) is 14.1. The minimum Gasteiger partial charge on any atom is -0.356 e. The maximum absolute atomic E-state index is 6.05. The molecular formula is C16H15ClN6O. The first-order chi connectivity index (χ1) is 11.8. The van der Waals surface area contributed by atoms with E-state index in [-0.39, 0.29) is 6.23 Å². The van der Waals surface area contributed by atoms with E-state index in [9.17, 15) is 0 Å². The van der Waals surface area contributed by atoms with E-state index in [4.69, 9.17) is 21.4 Å². The predicted octanol–water partition coefficient (Wildman–Crippen LogP) is 2.88. The zero-order valence-electron chi connectivity index (χ0n) is 12.9. The molecule has 8 heteroatoms. The highest BCUT2D eigenvalue weighted by Crippen LogP contribution is 2.37. The molecule has 1 fully saturated rings. The van der Waals surface area contributed by atoms with Gasteiger partial charge in [-0.05, 0) is 25.0 Å². The molecule has 0 spiro atoms. The molecule has 7 nitrogen and oxygen atoms in total. The molecule has 3 aromatic heterocycles. The molecule has 24 heavy (non-hydrogen) atoms. The first-order valence-corrected chi connectivity index (χ1v) is 8.43. The number of aromatic nitrogens is 5. The summed E-state index contributed by atoms with van der Waals surface area (Å²) in [4.78, 5) is 15.6. The second-order valence-corrected chi connectivity index (χ2v) is 6.36. The fourth-order valence-electron chi connectivity index (χ4n) is 3.28. The number of hydrogen-bond donors (Lipinski definition) is 0. The van der Waals surface area contributed by atoms with Crippen LogP contribution in [0.4, 0.5) is 11.5 Å². The number of aryl methyl sites for hydroxylation is 1. The molecule has 0 amide bonds. The third kappa shape index (κ3) is 2.08. The molecule has 0 N–H and O–H groups in total. The van der Waals surface area contributed by atoms with Crippen LogP contribution in [-0.4, -0.2) is 37.9 Å². The average molecular weight is 343 g/mol. The normalized spacial score (nSPS) is 20.0. The number of hydrogen-bond acceptors (Lipinski definition) is 6. The third-order valence-electron chi connectivity index (χ3n) is 4.51. The molecule has 1 atom stereocenters. The molecule has 0 bridgehead atoms. The van der Waals surface area contributed by atoms with Crippen molar-refractivity contribution in [2.45, 2.75) is 25.5 Å². The molecule has 2 aliphatic heterocycles. The monoisotopic (exact) mass is 342 g/mol. The molecule has 0 aromatic carbocycles. The van der Waals surface area contributed by atoms with Gasteiger partial charge in [0, 0.05) is 19.2 Å². The zero-order valence-corrected chi connectivity index (χ0v) is 13.6.